The molecule has 2 nitrogen and oxygen atoms in total. The third-order valence-corrected chi connectivity index (χ3v) is 6.95. The molecule has 2 heteroatoms. The van der Waals surface area contributed by atoms with E-state index in [9.17, 15) is 4.79 Å². The molecule has 0 amide bonds. The average molecular weight is 298 g/mol. The molecule has 4 rings (SSSR count). The van der Waals surface area contributed by atoms with Gasteiger partial charge in [0.1, 0.15) is 11.5 Å². The first kappa shape index (κ1) is 14.3. The highest BCUT2D eigenvalue weighted by molar-refractivity contribution is 5.87. The Bertz CT molecular complexity index is 633. The molecule has 0 heterocycles. The SMILES string of the molecule is COc1cc2c(cc1C)C1CCC3(C)C(=O)CCC3C1CC2. The summed E-state index contributed by atoms with van der Waals surface area (Å²) < 4.78 is 5.50. The molecule has 0 aliphatic heterocycles. The number of carbonyl (C=O) groups is 1. The van der Waals surface area contributed by atoms with Crippen LogP contribution in [-0.4, -0.2) is 12.9 Å². The van der Waals surface area contributed by atoms with Gasteiger partial charge in [0, 0.05) is 11.8 Å². The van der Waals surface area contributed by atoms with Crippen molar-refractivity contribution in [1.29, 1.82) is 0 Å². The normalized spacial score (nSPS) is 36.5. The largest absolute Gasteiger partial charge is 0.496 e. The van der Waals surface area contributed by atoms with Crippen molar-refractivity contribution in [3.63, 3.8) is 0 Å². The molecule has 2 saturated carbocycles. The number of benzene rings is 1. The van der Waals surface area contributed by atoms with E-state index in [1.807, 2.05) is 0 Å². The maximum Gasteiger partial charge on any atom is 0.139 e. The summed E-state index contributed by atoms with van der Waals surface area (Å²) in [5.41, 5.74) is 4.27. The number of ether oxygens (including phenoxy) is 1. The summed E-state index contributed by atoms with van der Waals surface area (Å²) in [5, 5.41) is 0. The van der Waals surface area contributed by atoms with Crippen molar-refractivity contribution < 1.29 is 9.53 Å². The number of fused-ring (bicyclic) bond motifs is 5. The van der Waals surface area contributed by atoms with Crippen LogP contribution in [-0.2, 0) is 11.2 Å². The molecular formula is C20H26O2. The Hall–Kier alpha value is -1.31. The lowest BCUT2D eigenvalue weighted by atomic mass is 9.55. The molecule has 4 unspecified atom stereocenters. The summed E-state index contributed by atoms with van der Waals surface area (Å²) in [7, 11) is 1.76. The lowest BCUT2D eigenvalue weighted by Gasteiger charge is -2.48. The van der Waals surface area contributed by atoms with Gasteiger partial charge in [-0.15, -0.1) is 0 Å². The Labute approximate surface area is 133 Å². The van der Waals surface area contributed by atoms with E-state index in [0.717, 1.165) is 31.4 Å². The zero-order valence-electron chi connectivity index (χ0n) is 13.9. The summed E-state index contributed by atoms with van der Waals surface area (Å²) in [5.74, 6) is 3.55. The van der Waals surface area contributed by atoms with Crippen LogP contribution in [0, 0.1) is 24.2 Å². The van der Waals surface area contributed by atoms with Gasteiger partial charge in [-0.25, -0.2) is 0 Å². The van der Waals surface area contributed by atoms with E-state index in [1.54, 1.807) is 12.7 Å². The van der Waals surface area contributed by atoms with Crippen molar-refractivity contribution in [3.8, 4) is 5.75 Å². The molecular weight excluding hydrogens is 272 g/mol. The van der Waals surface area contributed by atoms with E-state index in [2.05, 4.69) is 26.0 Å². The van der Waals surface area contributed by atoms with Gasteiger partial charge in [-0.3, -0.25) is 4.79 Å². The molecule has 22 heavy (non-hydrogen) atoms. The number of rotatable bonds is 1. The molecule has 0 saturated heterocycles. The van der Waals surface area contributed by atoms with Gasteiger partial charge in [-0.05, 0) is 79.5 Å². The highest BCUT2D eigenvalue weighted by Crippen LogP contribution is 2.59. The van der Waals surface area contributed by atoms with Crippen LogP contribution in [0.25, 0.3) is 0 Å². The van der Waals surface area contributed by atoms with Crippen LogP contribution in [0.15, 0.2) is 12.1 Å². The summed E-state index contributed by atoms with van der Waals surface area (Å²) in [6.45, 7) is 4.40. The number of aryl methyl sites for hydroxylation is 2. The first-order valence-electron chi connectivity index (χ1n) is 8.75. The van der Waals surface area contributed by atoms with Gasteiger partial charge < -0.3 is 4.74 Å². The van der Waals surface area contributed by atoms with Crippen molar-refractivity contribution in [2.24, 2.45) is 17.3 Å². The first-order valence-corrected chi connectivity index (χ1v) is 8.75. The number of Topliss-reactive ketones (excluding diaryl/α,β-unsaturated/α-hetero) is 1. The molecule has 0 N–H and O–H groups in total. The minimum absolute atomic E-state index is 0.0137. The van der Waals surface area contributed by atoms with Crippen LogP contribution in [0.1, 0.15) is 61.6 Å². The molecule has 0 spiro atoms. The van der Waals surface area contributed by atoms with Crippen molar-refractivity contribution in [2.45, 2.75) is 58.3 Å². The molecule has 4 atom stereocenters. The Morgan fingerprint density at radius 1 is 1.18 bits per heavy atom. The molecule has 1 aromatic rings. The molecule has 2 fully saturated rings. The predicted molar refractivity (Wildman–Crippen MR) is 87.4 cm³/mol. The molecule has 3 aliphatic rings. The second-order valence-electron chi connectivity index (χ2n) is 7.85. The maximum atomic E-state index is 12.4. The van der Waals surface area contributed by atoms with Crippen LogP contribution in [0.4, 0.5) is 0 Å². The monoisotopic (exact) mass is 298 g/mol. The highest BCUT2D eigenvalue weighted by Gasteiger charge is 2.54. The molecule has 0 aromatic heterocycles. The van der Waals surface area contributed by atoms with E-state index >= 15 is 0 Å². The van der Waals surface area contributed by atoms with Crippen LogP contribution in [0.3, 0.4) is 0 Å². The van der Waals surface area contributed by atoms with Gasteiger partial charge >= 0.3 is 0 Å². The van der Waals surface area contributed by atoms with Crippen molar-refractivity contribution in [1.82, 2.24) is 0 Å². The maximum absolute atomic E-state index is 12.4. The molecule has 0 radical (unpaired) electrons. The number of ketones is 1. The summed E-state index contributed by atoms with van der Waals surface area (Å²) >= 11 is 0. The third kappa shape index (κ3) is 1.82. The minimum Gasteiger partial charge on any atom is -0.496 e. The van der Waals surface area contributed by atoms with E-state index in [1.165, 1.54) is 24.0 Å². The number of methoxy groups -OCH3 is 1. The van der Waals surface area contributed by atoms with Gasteiger partial charge in [0.25, 0.3) is 0 Å². The molecule has 0 bridgehead atoms. The fourth-order valence-corrected chi connectivity index (χ4v) is 5.70. The summed E-state index contributed by atoms with van der Waals surface area (Å²) in [6.07, 6.45) is 6.61. The van der Waals surface area contributed by atoms with Crippen LogP contribution in [0.2, 0.25) is 0 Å². The van der Waals surface area contributed by atoms with E-state index < -0.39 is 0 Å². The standard InChI is InChI=1S/C20H26O2/c1-12-10-16-13(11-18(12)22-3)4-5-15-14(16)8-9-20(2)17(15)6-7-19(20)21/h10-11,14-15,17H,4-9H2,1-3H3. The molecule has 3 aliphatic carbocycles. The number of hydrogen-bond donors (Lipinski definition) is 0. The Morgan fingerprint density at radius 2 is 2.00 bits per heavy atom. The zero-order valence-corrected chi connectivity index (χ0v) is 13.9. The Kier molecular flexibility index (Phi) is 3.15. The van der Waals surface area contributed by atoms with Crippen molar-refractivity contribution >= 4 is 5.78 Å². The third-order valence-electron chi connectivity index (χ3n) is 6.95. The molecule has 118 valence electrons. The van der Waals surface area contributed by atoms with Crippen LogP contribution < -0.4 is 4.74 Å². The fraction of sp³-hybridized carbons (Fsp3) is 0.650. The number of hydrogen-bond acceptors (Lipinski definition) is 2. The van der Waals surface area contributed by atoms with Crippen LogP contribution >= 0.6 is 0 Å². The predicted octanol–water partition coefficient (Wildman–Crippen LogP) is 4.43. The van der Waals surface area contributed by atoms with Gasteiger partial charge in [0.15, 0.2) is 0 Å². The summed E-state index contributed by atoms with van der Waals surface area (Å²) in [4.78, 5) is 12.4. The summed E-state index contributed by atoms with van der Waals surface area (Å²) in [6, 6.07) is 4.62. The lowest BCUT2D eigenvalue weighted by Crippen LogP contribution is -2.42. The number of carbonyl (C=O) groups excluding carboxylic acids is 1. The Balaban J connectivity index is 1.73. The second-order valence-corrected chi connectivity index (χ2v) is 7.85. The van der Waals surface area contributed by atoms with E-state index in [-0.39, 0.29) is 5.41 Å². The second kappa shape index (κ2) is 4.84. The molecule has 1 aromatic carbocycles. The van der Waals surface area contributed by atoms with E-state index in [0.29, 0.717) is 23.5 Å². The average Bonchev–Trinajstić information content (AvgIpc) is 2.82. The first-order chi connectivity index (χ1) is 10.5. The zero-order chi connectivity index (χ0) is 15.5. The van der Waals surface area contributed by atoms with Crippen molar-refractivity contribution in [2.75, 3.05) is 7.11 Å². The van der Waals surface area contributed by atoms with E-state index in [4.69, 9.17) is 4.74 Å². The van der Waals surface area contributed by atoms with Crippen molar-refractivity contribution in [3.05, 3.63) is 28.8 Å². The lowest BCUT2D eigenvalue weighted by molar-refractivity contribution is -0.129. The highest BCUT2D eigenvalue weighted by atomic mass is 16.5. The van der Waals surface area contributed by atoms with Gasteiger partial charge in [-0.2, -0.15) is 0 Å². The van der Waals surface area contributed by atoms with Gasteiger partial charge in [-0.1, -0.05) is 13.0 Å². The van der Waals surface area contributed by atoms with Gasteiger partial charge in [0.05, 0.1) is 7.11 Å². The minimum atomic E-state index is -0.0137. The van der Waals surface area contributed by atoms with Gasteiger partial charge in [0.2, 0.25) is 0 Å². The topological polar surface area (TPSA) is 26.3 Å². The quantitative estimate of drug-likeness (QED) is 0.766. The smallest absolute Gasteiger partial charge is 0.139 e. The fourth-order valence-electron chi connectivity index (χ4n) is 5.70. The van der Waals surface area contributed by atoms with Crippen LogP contribution in [0.5, 0.6) is 5.75 Å². The Morgan fingerprint density at radius 3 is 2.77 bits per heavy atom.